The molecule has 2 aromatic rings. The number of nitrogens with two attached hydrogens (primary N) is 1. The van der Waals surface area contributed by atoms with Gasteiger partial charge in [-0.1, -0.05) is 24.3 Å². The van der Waals surface area contributed by atoms with Crippen LogP contribution < -0.4 is 10.5 Å². The zero-order valence-corrected chi connectivity index (χ0v) is 23.3. The highest BCUT2D eigenvalue weighted by Crippen LogP contribution is 2.40. The molecule has 11 heteroatoms. The second kappa shape index (κ2) is 13.4. The quantitative estimate of drug-likeness (QED) is 0.275. The molecule has 5 atom stereocenters. The number of hydrogen-bond acceptors (Lipinski definition) is 11. The monoisotopic (exact) mass is 559 g/mol. The second-order valence-corrected chi connectivity index (χ2v) is 10.5. The van der Waals surface area contributed by atoms with Gasteiger partial charge in [-0.05, 0) is 36.2 Å². The first-order chi connectivity index (χ1) is 18.4. The maximum atomic E-state index is 12.1. The van der Waals surface area contributed by atoms with Crippen molar-refractivity contribution in [3.05, 3.63) is 59.2 Å². The fourth-order valence-electron chi connectivity index (χ4n) is 4.26. The number of esters is 4. The molecule has 0 aromatic heterocycles. The van der Waals surface area contributed by atoms with E-state index < -0.39 is 52.9 Å². The van der Waals surface area contributed by atoms with E-state index in [9.17, 15) is 19.2 Å². The zero-order valence-electron chi connectivity index (χ0n) is 22.5. The molecule has 0 aliphatic carbocycles. The first-order valence-electron chi connectivity index (χ1n) is 12.3. The molecule has 1 aliphatic rings. The second-order valence-electron chi connectivity index (χ2n) is 9.16. The number of hydrogen-bond donors (Lipinski definition) is 1. The predicted octanol–water partition coefficient (Wildman–Crippen LogP) is 3.35. The molecule has 0 unspecified atom stereocenters. The van der Waals surface area contributed by atoms with Crippen LogP contribution in [0, 0.1) is 6.92 Å². The Labute approximate surface area is 231 Å². The molecular formula is C28H33NO9S. The lowest BCUT2D eigenvalue weighted by molar-refractivity contribution is -0.190. The SMILES string of the molecule is CC(=O)OC[C@H]1S[C@@H](Oc2cccc(C)c2Cc2ccc(N)cc2)[C@H](OC(C)=O)[C@@H](OC(C)=O)[C@@H]1OC(C)=O. The van der Waals surface area contributed by atoms with Crippen LogP contribution in [0.2, 0.25) is 0 Å². The van der Waals surface area contributed by atoms with Crippen LogP contribution in [0.5, 0.6) is 5.75 Å². The Kier molecular flexibility index (Phi) is 10.2. The summed E-state index contributed by atoms with van der Waals surface area (Å²) in [6, 6.07) is 13.1. The van der Waals surface area contributed by atoms with Crippen molar-refractivity contribution in [2.75, 3.05) is 12.3 Å². The van der Waals surface area contributed by atoms with E-state index in [2.05, 4.69) is 0 Å². The van der Waals surface area contributed by atoms with Crippen LogP contribution >= 0.6 is 11.8 Å². The van der Waals surface area contributed by atoms with E-state index in [4.69, 9.17) is 29.4 Å². The lowest BCUT2D eigenvalue weighted by atomic mass is 9.99. The van der Waals surface area contributed by atoms with Gasteiger partial charge in [-0.3, -0.25) is 19.2 Å². The largest absolute Gasteiger partial charge is 0.475 e. The van der Waals surface area contributed by atoms with Crippen molar-refractivity contribution in [2.45, 2.75) is 70.0 Å². The van der Waals surface area contributed by atoms with Gasteiger partial charge in [0.25, 0.3) is 0 Å². The van der Waals surface area contributed by atoms with Crippen LogP contribution in [-0.4, -0.2) is 59.5 Å². The highest BCUT2D eigenvalue weighted by Gasteiger charge is 2.53. The summed E-state index contributed by atoms with van der Waals surface area (Å²) in [5, 5.41) is -0.690. The number of ether oxygens (including phenoxy) is 5. The smallest absolute Gasteiger partial charge is 0.303 e. The first kappa shape index (κ1) is 29.8. The third-order valence-corrected chi connectivity index (χ3v) is 7.31. The summed E-state index contributed by atoms with van der Waals surface area (Å²) < 4.78 is 28.3. The molecule has 0 amide bonds. The third-order valence-electron chi connectivity index (χ3n) is 5.92. The molecule has 39 heavy (non-hydrogen) atoms. The van der Waals surface area contributed by atoms with Crippen LogP contribution in [0.3, 0.4) is 0 Å². The van der Waals surface area contributed by atoms with Crippen LogP contribution in [0.4, 0.5) is 5.69 Å². The molecule has 1 aliphatic heterocycles. The molecule has 2 aromatic carbocycles. The lowest BCUT2D eigenvalue weighted by Gasteiger charge is -2.43. The van der Waals surface area contributed by atoms with E-state index in [1.165, 1.54) is 27.7 Å². The summed E-state index contributed by atoms with van der Waals surface area (Å²) in [5.74, 6) is -1.97. The molecule has 1 saturated heterocycles. The maximum absolute atomic E-state index is 12.1. The van der Waals surface area contributed by atoms with E-state index in [0.717, 1.165) is 28.5 Å². The van der Waals surface area contributed by atoms with Gasteiger partial charge in [0.15, 0.2) is 23.7 Å². The Balaban J connectivity index is 2.02. The van der Waals surface area contributed by atoms with Gasteiger partial charge in [0.1, 0.15) is 12.4 Å². The molecule has 1 heterocycles. The van der Waals surface area contributed by atoms with E-state index in [1.54, 1.807) is 6.07 Å². The summed E-state index contributed by atoms with van der Waals surface area (Å²) in [6.45, 7) is 6.67. The van der Waals surface area contributed by atoms with Crippen molar-refractivity contribution in [1.29, 1.82) is 0 Å². The Morgan fingerprint density at radius 2 is 1.38 bits per heavy atom. The first-order valence-corrected chi connectivity index (χ1v) is 13.3. The molecule has 210 valence electrons. The fraction of sp³-hybridized carbons (Fsp3) is 0.429. The number of anilines is 1. The van der Waals surface area contributed by atoms with Gasteiger partial charge in [-0.2, -0.15) is 0 Å². The number of nitrogen functional groups attached to an aromatic ring is 1. The summed E-state index contributed by atoms with van der Waals surface area (Å²) >= 11 is 1.16. The van der Waals surface area contributed by atoms with Crippen molar-refractivity contribution in [3.63, 3.8) is 0 Å². The Bertz CT molecular complexity index is 1200. The van der Waals surface area contributed by atoms with Gasteiger partial charge in [0, 0.05) is 45.4 Å². The van der Waals surface area contributed by atoms with Gasteiger partial charge >= 0.3 is 23.9 Å². The number of aryl methyl sites for hydroxylation is 1. The van der Waals surface area contributed by atoms with Crippen molar-refractivity contribution in [2.24, 2.45) is 0 Å². The maximum Gasteiger partial charge on any atom is 0.303 e. The minimum Gasteiger partial charge on any atom is -0.475 e. The zero-order chi connectivity index (χ0) is 28.7. The van der Waals surface area contributed by atoms with Gasteiger partial charge in [0.05, 0.1) is 5.25 Å². The number of rotatable bonds is 9. The van der Waals surface area contributed by atoms with Crippen molar-refractivity contribution < 1.29 is 42.9 Å². The predicted molar refractivity (Wildman–Crippen MR) is 144 cm³/mol. The molecule has 0 radical (unpaired) electrons. The molecule has 3 rings (SSSR count). The number of benzene rings is 2. The number of carbonyl (C=O) groups excluding carboxylic acids is 4. The number of thioether (sulfide) groups is 1. The molecule has 1 fully saturated rings. The molecule has 0 spiro atoms. The van der Waals surface area contributed by atoms with Crippen LogP contribution in [0.15, 0.2) is 42.5 Å². The van der Waals surface area contributed by atoms with Crippen molar-refractivity contribution >= 4 is 41.3 Å². The topological polar surface area (TPSA) is 140 Å². The van der Waals surface area contributed by atoms with Gasteiger partial charge in [0.2, 0.25) is 0 Å². The van der Waals surface area contributed by atoms with Gasteiger partial charge in [-0.25, -0.2) is 0 Å². The van der Waals surface area contributed by atoms with Gasteiger partial charge < -0.3 is 29.4 Å². The van der Waals surface area contributed by atoms with E-state index in [0.29, 0.717) is 17.9 Å². The molecule has 0 bridgehead atoms. The average Bonchev–Trinajstić information content (AvgIpc) is 2.84. The molecular weight excluding hydrogens is 526 g/mol. The average molecular weight is 560 g/mol. The van der Waals surface area contributed by atoms with Crippen LogP contribution in [0.25, 0.3) is 0 Å². The molecule has 10 nitrogen and oxygen atoms in total. The van der Waals surface area contributed by atoms with Crippen molar-refractivity contribution in [3.8, 4) is 5.75 Å². The standard InChI is InChI=1S/C28H33NO9S/c1-15-7-6-8-23(22(15)13-20-9-11-21(29)12-10-20)38-28-27(37-19(5)33)26(36-18(4)32)25(35-17(3)31)24(39-28)14-34-16(2)30/h6-12,24-28H,13-14,29H2,1-5H3/t24-,25-,26+,27-,28-/m1/s1. The molecule has 0 saturated carbocycles. The minimum atomic E-state index is -1.22. The lowest BCUT2D eigenvalue weighted by Crippen LogP contribution is -2.59. The number of carbonyl (C=O) groups is 4. The third kappa shape index (κ3) is 8.38. The summed E-state index contributed by atoms with van der Waals surface area (Å²) in [7, 11) is 0. The highest BCUT2D eigenvalue weighted by atomic mass is 32.2. The normalized spacial score (nSPS) is 22.3. The molecule has 2 N–H and O–H groups in total. The minimum absolute atomic E-state index is 0.158. The van der Waals surface area contributed by atoms with E-state index in [-0.39, 0.29) is 6.61 Å². The van der Waals surface area contributed by atoms with Crippen molar-refractivity contribution in [1.82, 2.24) is 0 Å². The fourth-order valence-corrected chi connectivity index (χ4v) is 5.64. The Hall–Kier alpha value is -3.73. The van der Waals surface area contributed by atoms with E-state index in [1.807, 2.05) is 43.3 Å². The Morgan fingerprint density at radius 3 is 1.97 bits per heavy atom. The van der Waals surface area contributed by atoms with Crippen LogP contribution in [0.1, 0.15) is 44.4 Å². The summed E-state index contributed by atoms with van der Waals surface area (Å²) in [4.78, 5) is 47.8. The summed E-state index contributed by atoms with van der Waals surface area (Å²) in [5.41, 5.74) is 8.46. The van der Waals surface area contributed by atoms with Gasteiger partial charge in [-0.15, -0.1) is 11.8 Å². The van der Waals surface area contributed by atoms with Crippen LogP contribution in [-0.2, 0) is 44.5 Å². The van der Waals surface area contributed by atoms with E-state index >= 15 is 0 Å². The highest BCUT2D eigenvalue weighted by molar-refractivity contribution is 8.00. The summed E-state index contributed by atoms with van der Waals surface area (Å²) in [6.07, 6.45) is -2.89. The Morgan fingerprint density at radius 1 is 0.795 bits per heavy atom.